The Balaban J connectivity index is 2.11. The molecule has 172 valence electrons. The molecule has 1 aromatic heterocycles. The second kappa shape index (κ2) is 8.13. The van der Waals surface area contributed by atoms with Crippen LogP contribution in [0.15, 0.2) is 41.5 Å². The lowest BCUT2D eigenvalue weighted by Crippen LogP contribution is -2.14. The summed E-state index contributed by atoms with van der Waals surface area (Å²) in [5.74, 6) is -2.15. The average Bonchev–Trinajstić information content (AvgIpc) is 3.15. The summed E-state index contributed by atoms with van der Waals surface area (Å²) in [6, 6.07) is 4.16. The van der Waals surface area contributed by atoms with E-state index >= 15 is 8.78 Å². The monoisotopic (exact) mass is 461 g/mol. The molecule has 2 aromatic carbocycles. The van der Waals surface area contributed by atoms with Gasteiger partial charge in [0, 0.05) is 23.3 Å². The molecule has 0 fully saturated rings. The molecule has 0 radical (unpaired) electrons. The number of hydrogen-bond acceptors (Lipinski definition) is 3. The standard InChI is InChI=1S/C24H20F5N3O/c1-5-14-20-15(11(2)3)6-12(24(27,28)29)7-16(20)22-19(10-30-32-22)31-23(14)21-17(25)8-13(33-4)9-18(21)26/h5-11H,1-4H3,(H,30,32)/b14-5+. The Labute approximate surface area is 186 Å². The highest BCUT2D eigenvalue weighted by atomic mass is 19.4. The third kappa shape index (κ3) is 3.81. The molecule has 4 nitrogen and oxygen atoms in total. The van der Waals surface area contributed by atoms with Crippen molar-refractivity contribution >= 4 is 17.0 Å². The molecular formula is C24H20F5N3O. The van der Waals surface area contributed by atoms with E-state index in [0.717, 1.165) is 24.3 Å². The number of nitrogens with zero attached hydrogens (tertiary/aromatic N) is 2. The largest absolute Gasteiger partial charge is 0.497 e. The summed E-state index contributed by atoms with van der Waals surface area (Å²) in [6.45, 7) is 5.16. The van der Waals surface area contributed by atoms with Crippen LogP contribution in [0.1, 0.15) is 48.9 Å². The molecule has 0 saturated heterocycles. The molecule has 9 heteroatoms. The summed E-state index contributed by atoms with van der Waals surface area (Å²) < 4.78 is 76.3. The van der Waals surface area contributed by atoms with Gasteiger partial charge in [0.25, 0.3) is 0 Å². The number of aliphatic imine (C=N–C) groups is 1. The van der Waals surface area contributed by atoms with Gasteiger partial charge in [-0.15, -0.1) is 0 Å². The number of allylic oxidation sites excluding steroid dienone is 2. The van der Waals surface area contributed by atoms with Crippen molar-refractivity contribution < 1.29 is 26.7 Å². The fourth-order valence-corrected chi connectivity index (χ4v) is 4.01. The summed E-state index contributed by atoms with van der Waals surface area (Å²) in [6.07, 6.45) is -1.68. The maximum Gasteiger partial charge on any atom is 0.416 e. The van der Waals surface area contributed by atoms with Gasteiger partial charge in [-0.1, -0.05) is 19.9 Å². The molecule has 0 amide bonds. The van der Waals surface area contributed by atoms with Crippen LogP contribution in [-0.4, -0.2) is 23.0 Å². The third-order valence-electron chi connectivity index (χ3n) is 5.54. The van der Waals surface area contributed by atoms with Gasteiger partial charge >= 0.3 is 6.18 Å². The van der Waals surface area contributed by atoms with Gasteiger partial charge in [-0.25, -0.2) is 13.8 Å². The zero-order valence-corrected chi connectivity index (χ0v) is 18.2. The van der Waals surface area contributed by atoms with Gasteiger partial charge in [-0.3, -0.25) is 5.10 Å². The number of hydrogen-bond donors (Lipinski definition) is 1. The number of aromatic nitrogens is 2. The number of halogens is 5. The lowest BCUT2D eigenvalue weighted by atomic mass is 9.83. The molecule has 3 aromatic rings. The van der Waals surface area contributed by atoms with E-state index in [4.69, 9.17) is 4.74 Å². The molecule has 1 aliphatic heterocycles. The summed E-state index contributed by atoms with van der Waals surface area (Å²) in [5.41, 5.74) is 0.447. The number of benzene rings is 2. The van der Waals surface area contributed by atoms with Crippen LogP contribution in [0.5, 0.6) is 5.75 Å². The lowest BCUT2D eigenvalue weighted by molar-refractivity contribution is -0.137. The molecule has 1 N–H and O–H groups in total. The van der Waals surface area contributed by atoms with Gasteiger partial charge in [0.1, 0.15) is 23.1 Å². The van der Waals surface area contributed by atoms with Crippen molar-refractivity contribution in [3.63, 3.8) is 0 Å². The van der Waals surface area contributed by atoms with Crippen LogP contribution in [0.4, 0.5) is 27.6 Å². The van der Waals surface area contributed by atoms with E-state index in [-0.39, 0.29) is 34.3 Å². The van der Waals surface area contributed by atoms with E-state index in [0.29, 0.717) is 16.7 Å². The minimum Gasteiger partial charge on any atom is -0.497 e. The fraction of sp³-hybridized carbons (Fsp3) is 0.250. The molecular weight excluding hydrogens is 441 g/mol. The van der Waals surface area contributed by atoms with Crippen LogP contribution in [0, 0.1) is 11.6 Å². The Morgan fingerprint density at radius 1 is 1.03 bits per heavy atom. The highest BCUT2D eigenvalue weighted by Crippen LogP contribution is 2.46. The molecule has 1 aliphatic rings. The van der Waals surface area contributed by atoms with Gasteiger partial charge in [0.15, 0.2) is 0 Å². The van der Waals surface area contributed by atoms with Crippen molar-refractivity contribution in [2.75, 3.05) is 7.11 Å². The van der Waals surface area contributed by atoms with Crippen LogP contribution >= 0.6 is 0 Å². The SMILES string of the molecule is C/C=C1/C(c2c(F)cc(OC)cc2F)=Nc2cn[nH]c2-c2cc(C(F)(F)F)cc(C(C)C)c21. The smallest absolute Gasteiger partial charge is 0.416 e. The van der Waals surface area contributed by atoms with E-state index in [9.17, 15) is 13.2 Å². The predicted molar refractivity (Wildman–Crippen MR) is 116 cm³/mol. The van der Waals surface area contributed by atoms with Gasteiger partial charge in [0.2, 0.25) is 0 Å². The Morgan fingerprint density at radius 2 is 1.70 bits per heavy atom. The van der Waals surface area contributed by atoms with Gasteiger partial charge in [-0.2, -0.15) is 18.3 Å². The highest BCUT2D eigenvalue weighted by Gasteiger charge is 2.36. The lowest BCUT2D eigenvalue weighted by Gasteiger charge is -2.22. The van der Waals surface area contributed by atoms with Crippen molar-refractivity contribution in [1.82, 2.24) is 10.2 Å². The Bertz CT molecular complexity index is 1280. The number of rotatable bonds is 3. The van der Waals surface area contributed by atoms with Crippen LogP contribution in [0.2, 0.25) is 0 Å². The van der Waals surface area contributed by atoms with Crippen molar-refractivity contribution in [3.8, 4) is 17.0 Å². The molecule has 2 heterocycles. The van der Waals surface area contributed by atoms with Crippen LogP contribution in [-0.2, 0) is 6.18 Å². The summed E-state index contributed by atoms with van der Waals surface area (Å²) in [7, 11) is 1.29. The summed E-state index contributed by atoms with van der Waals surface area (Å²) in [4.78, 5) is 4.46. The zero-order chi connectivity index (χ0) is 24.1. The summed E-state index contributed by atoms with van der Waals surface area (Å²) >= 11 is 0. The number of fused-ring (bicyclic) bond motifs is 3. The van der Waals surface area contributed by atoms with E-state index in [1.165, 1.54) is 13.3 Å². The molecule has 4 rings (SSSR count). The quantitative estimate of drug-likeness (QED) is 0.425. The third-order valence-corrected chi connectivity index (χ3v) is 5.54. The molecule has 0 spiro atoms. The van der Waals surface area contributed by atoms with Crippen molar-refractivity contribution in [2.45, 2.75) is 32.9 Å². The number of nitrogens with one attached hydrogen (secondary N) is 1. The number of methoxy groups -OCH3 is 1. The first-order valence-corrected chi connectivity index (χ1v) is 10.1. The van der Waals surface area contributed by atoms with Crippen molar-refractivity contribution in [2.24, 2.45) is 4.99 Å². The van der Waals surface area contributed by atoms with E-state index in [1.807, 2.05) is 0 Å². The highest BCUT2D eigenvalue weighted by molar-refractivity contribution is 6.34. The first-order valence-electron chi connectivity index (χ1n) is 10.1. The molecule has 0 bridgehead atoms. The zero-order valence-electron chi connectivity index (χ0n) is 18.2. The minimum absolute atomic E-state index is 0.00733. The van der Waals surface area contributed by atoms with E-state index < -0.39 is 28.9 Å². The van der Waals surface area contributed by atoms with Crippen LogP contribution < -0.4 is 4.74 Å². The van der Waals surface area contributed by atoms with Crippen molar-refractivity contribution in [1.29, 1.82) is 0 Å². The van der Waals surface area contributed by atoms with Crippen molar-refractivity contribution in [3.05, 3.63) is 70.4 Å². The number of aromatic amines is 1. The normalized spacial score (nSPS) is 14.7. The Morgan fingerprint density at radius 3 is 2.24 bits per heavy atom. The topological polar surface area (TPSA) is 50.3 Å². The molecule has 0 atom stereocenters. The maximum atomic E-state index is 15.1. The van der Waals surface area contributed by atoms with Crippen LogP contribution in [0.25, 0.3) is 16.8 Å². The Kier molecular flexibility index (Phi) is 5.59. The van der Waals surface area contributed by atoms with E-state index in [1.54, 1.807) is 26.8 Å². The molecule has 0 aliphatic carbocycles. The first-order chi connectivity index (χ1) is 15.6. The number of alkyl halides is 3. The van der Waals surface area contributed by atoms with Gasteiger partial charge in [-0.05, 0) is 36.1 Å². The fourth-order valence-electron chi connectivity index (χ4n) is 4.01. The number of H-pyrrole nitrogens is 1. The molecule has 0 unspecified atom stereocenters. The molecule has 0 saturated carbocycles. The number of ether oxygens (including phenoxy) is 1. The second-order valence-electron chi connectivity index (χ2n) is 7.90. The maximum absolute atomic E-state index is 15.1. The Hall–Kier alpha value is -3.49. The van der Waals surface area contributed by atoms with Gasteiger partial charge in [0.05, 0.1) is 35.8 Å². The summed E-state index contributed by atoms with van der Waals surface area (Å²) in [5, 5.41) is 6.63. The first kappa shape index (κ1) is 22.7. The van der Waals surface area contributed by atoms with E-state index in [2.05, 4.69) is 15.2 Å². The predicted octanol–water partition coefficient (Wildman–Crippen LogP) is 7.04. The molecule has 33 heavy (non-hydrogen) atoms. The van der Waals surface area contributed by atoms with Crippen LogP contribution in [0.3, 0.4) is 0 Å². The minimum atomic E-state index is -4.58. The second-order valence-corrected chi connectivity index (χ2v) is 7.90. The average molecular weight is 461 g/mol. The van der Waals surface area contributed by atoms with Gasteiger partial charge < -0.3 is 4.74 Å².